The van der Waals surface area contributed by atoms with E-state index in [1.807, 2.05) is 78.9 Å². The molecule has 0 saturated heterocycles. The van der Waals surface area contributed by atoms with Crippen molar-refractivity contribution in [2.24, 2.45) is 0 Å². The number of halogens is 2. The van der Waals surface area contributed by atoms with E-state index in [1.165, 1.54) is 27.2 Å². The molecule has 2 aliphatic carbocycles. The molecular weight excluding hydrogens is 836 g/mol. The van der Waals surface area contributed by atoms with Gasteiger partial charge in [-0.25, -0.2) is 4.90 Å². The highest BCUT2D eigenvalue weighted by atomic mass is 127. The van der Waals surface area contributed by atoms with Gasteiger partial charge in [-0.2, -0.15) is 0 Å². The molecule has 0 saturated carbocycles. The number of hydrogen-bond donors (Lipinski definition) is 0. The quantitative estimate of drug-likeness (QED) is 0.131. The number of aryl methyl sites for hydroxylation is 4. The van der Waals surface area contributed by atoms with Crippen LogP contribution in [0.5, 0.6) is 0 Å². The van der Waals surface area contributed by atoms with Crippen molar-refractivity contribution >= 4 is 84.6 Å². The van der Waals surface area contributed by atoms with Gasteiger partial charge in [0.1, 0.15) is 11.2 Å². The Morgan fingerprint density at radius 3 is 1.41 bits per heavy atom. The van der Waals surface area contributed by atoms with Gasteiger partial charge in [-0.3, -0.25) is 9.59 Å². The number of rotatable bonds is 3. The van der Waals surface area contributed by atoms with Crippen LogP contribution in [0.4, 0.5) is 5.69 Å². The molecule has 0 N–H and O–H groups in total. The topological polar surface area (TPSA) is 63.7 Å². The van der Waals surface area contributed by atoms with E-state index in [0.717, 1.165) is 91.5 Å². The molecule has 3 aliphatic rings. The van der Waals surface area contributed by atoms with Crippen molar-refractivity contribution in [3.63, 3.8) is 0 Å². The summed E-state index contributed by atoms with van der Waals surface area (Å²) in [7, 11) is 0. The Morgan fingerprint density at radius 1 is 0.531 bits per heavy atom. The lowest BCUT2D eigenvalue weighted by Crippen LogP contribution is -2.30. The molecule has 2 heterocycles. The molecule has 0 spiro atoms. The summed E-state index contributed by atoms with van der Waals surface area (Å²) in [5, 5.41) is 2.07. The highest BCUT2D eigenvalue weighted by Crippen LogP contribution is 2.46. The fourth-order valence-electron chi connectivity index (χ4n) is 7.99. The first-order chi connectivity index (χ1) is 24.0. The van der Waals surface area contributed by atoms with Crippen LogP contribution in [0.3, 0.4) is 0 Å². The average Bonchev–Trinajstić information content (AvgIpc) is 3.35. The summed E-state index contributed by atoms with van der Waals surface area (Å²) in [4.78, 5) is 31.0. The van der Waals surface area contributed by atoms with Crippen LogP contribution in [0.2, 0.25) is 0 Å². The molecule has 5 nitrogen and oxygen atoms in total. The fraction of sp³-hybridized carbons (Fsp3) is 0.190. The lowest BCUT2D eigenvalue weighted by molar-refractivity contribution is 0.0911. The zero-order valence-electron chi connectivity index (χ0n) is 26.7. The number of amides is 2. The molecule has 0 unspecified atom stereocenters. The standard InChI is InChI=1S/C42H31I2NO4/c43-32-22-26-16-7-9-18-28(26)34-35-29-19-10-8-17-27(29)23-33(44)38(35)49-40-39(48-37(32)34)41(46)45(42(40)47)36-30(24-12-3-1-4-13-24)20-11-21-31(36)25-14-5-2-6-15-25/h1-6,11-15,20-23H,7-10,16-19H2. The van der Waals surface area contributed by atoms with Crippen LogP contribution >= 0.6 is 45.2 Å². The Hall–Kier alpha value is -3.96. The molecule has 0 atom stereocenters. The number of fused-ring (bicyclic) bond motifs is 8. The van der Waals surface area contributed by atoms with Crippen LogP contribution in [-0.2, 0) is 25.7 Å². The largest absolute Gasteiger partial charge is 0.446 e. The molecule has 2 amide bonds. The summed E-state index contributed by atoms with van der Waals surface area (Å²) < 4.78 is 15.5. The summed E-state index contributed by atoms with van der Waals surface area (Å²) >= 11 is 4.70. The van der Waals surface area contributed by atoms with Crippen LogP contribution < -0.4 is 4.90 Å². The third-order valence-corrected chi connectivity index (χ3v) is 11.8. The second-order valence-corrected chi connectivity index (χ2v) is 15.4. The summed E-state index contributed by atoms with van der Waals surface area (Å²) in [5.41, 5.74) is 10.4. The van der Waals surface area contributed by atoms with Gasteiger partial charge < -0.3 is 8.83 Å². The van der Waals surface area contributed by atoms with Gasteiger partial charge in [0.05, 0.1) is 12.8 Å². The molecule has 9 rings (SSSR count). The number of benzene rings is 5. The van der Waals surface area contributed by atoms with Crippen LogP contribution in [0.15, 0.2) is 99.8 Å². The van der Waals surface area contributed by atoms with E-state index in [0.29, 0.717) is 16.9 Å². The molecule has 0 radical (unpaired) electrons. The average molecular weight is 868 g/mol. The summed E-state index contributed by atoms with van der Waals surface area (Å²) in [5.74, 6) is -1.20. The molecular formula is C42H31I2NO4. The van der Waals surface area contributed by atoms with E-state index in [4.69, 9.17) is 8.83 Å². The van der Waals surface area contributed by atoms with Crippen molar-refractivity contribution < 1.29 is 18.4 Å². The van der Waals surface area contributed by atoms with Gasteiger partial charge in [-0.15, -0.1) is 0 Å². The molecule has 1 aliphatic heterocycles. The lowest BCUT2D eigenvalue weighted by Gasteiger charge is -2.23. The maximum absolute atomic E-state index is 14.9. The third-order valence-electron chi connectivity index (χ3n) is 10.2. The number of anilines is 1. The van der Waals surface area contributed by atoms with Gasteiger partial charge in [0.2, 0.25) is 11.5 Å². The predicted octanol–water partition coefficient (Wildman–Crippen LogP) is 11.4. The third kappa shape index (κ3) is 5.06. The fourth-order valence-corrected chi connectivity index (χ4v) is 9.50. The first-order valence-electron chi connectivity index (χ1n) is 16.9. The minimum atomic E-state index is -0.531. The second-order valence-electron chi connectivity index (χ2n) is 13.1. The highest BCUT2D eigenvalue weighted by Gasteiger charge is 2.44. The van der Waals surface area contributed by atoms with E-state index >= 15 is 0 Å². The van der Waals surface area contributed by atoms with Gasteiger partial charge in [-0.1, -0.05) is 78.9 Å². The SMILES string of the molecule is O=C1c2oc3c(I)cc4c(c3c3c5c(cc(I)c3oc2C(=O)N1c1c(-c2ccccc2)cccc1-c1ccccc1)CCCC5)CCCC4. The summed E-state index contributed by atoms with van der Waals surface area (Å²) in [6, 6.07) is 30.1. The Morgan fingerprint density at radius 2 is 0.959 bits per heavy atom. The van der Waals surface area contributed by atoms with E-state index in [2.05, 4.69) is 57.3 Å². The minimum Gasteiger partial charge on any atom is -0.446 e. The van der Waals surface area contributed by atoms with Gasteiger partial charge in [-0.05, 0) is 142 Å². The molecule has 0 fully saturated rings. The molecule has 1 aromatic heterocycles. The lowest BCUT2D eigenvalue weighted by atomic mass is 9.84. The molecule has 7 heteroatoms. The smallest absolute Gasteiger partial charge is 0.305 e. The van der Waals surface area contributed by atoms with Crippen molar-refractivity contribution in [2.45, 2.75) is 51.4 Å². The Bertz CT molecular complexity index is 2240. The van der Waals surface area contributed by atoms with Gasteiger partial charge in [0, 0.05) is 21.9 Å². The predicted molar refractivity (Wildman–Crippen MR) is 211 cm³/mol. The number of para-hydroxylation sites is 1. The van der Waals surface area contributed by atoms with Crippen LogP contribution in [0.1, 0.15) is 69.0 Å². The number of carbonyl (C=O) groups excluding carboxylic acids is 2. The van der Waals surface area contributed by atoms with Crippen LogP contribution in [-0.4, -0.2) is 11.8 Å². The van der Waals surface area contributed by atoms with E-state index < -0.39 is 11.8 Å². The maximum atomic E-state index is 14.9. The van der Waals surface area contributed by atoms with Crippen molar-refractivity contribution in [3.05, 3.63) is 132 Å². The van der Waals surface area contributed by atoms with Crippen molar-refractivity contribution in [2.75, 3.05) is 4.90 Å². The first kappa shape index (κ1) is 31.1. The summed E-state index contributed by atoms with van der Waals surface area (Å²) in [6.07, 6.45) is 8.40. The minimum absolute atomic E-state index is 0.0685. The molecule has 5 aromatic carbocycles. The summed E-state index contributed by atoms with van der Waals surface area (Å²) in [6.45, 7) is 0. The number of hydrogen-bond acceptors (Lipinski definition) is 4. The Labute approximate surface area is 311 Å². The highest BCUT2D eigenvalue weighted by molar-refractivity contribution is 14.1. The number of imide groups is 1. The van der Waals surface area contributed by atoms with Crippen molar-refractivity contribution in [1.29, 1.82) is 0 Å². The van der Waals surface area contributed by atoms with Gasteiger partial charge in [0.25, 0.3) is 0 Å². The van der Waals surface area contributed by atoms with Crippen LogP contribution in [0.25, 0.3) is 44.2 Å². The van der Waals surface area contributed by atoms with Crippen molar-refractivity contribution in [3.8, 4) is 22.3 Å². The van der Waals surface area contributed by atoms with Gasteiger partial charge >= 0.3 is 11.8 Å². The van der Waals surface area contributed by atoms with E-state index in [-0.39, 0.29) is 11.5 Å². The second kappa shape index (κ2) is 12.4. The monoisotopic (exact) mass is 867 g/mol. The number of carbonyl (C=O) groups is 2. The molecule has 49 heavy (non-hydrogen) atoms. The van der Waals surface area contributed by atoms with Crippen LogP contribution in [0, 0.1) is 7.14 Å². The van der Waals surface area contributed by atoms with E-state index in [9.17, 15) is 9.59 Å². The Kier molecular flexibility index (Phi) is 7.87. The Balaban J connectivity index is 1.39. The maximum Gasteiger partial charge on any atom is 0.305 e. The zero-order valence-corrected chi connectivity index (χ0v) is 31.0. The van der Waals surface area contributed by atoms with E-state index in [1.54, 1.807) is 0 Å². The molecule has 0 bridgehead atoms. The van der Waals surface area contributed by atoms with Crippen molar-refractivity contribution in [1.82, 2.24) is 0 Å². The first-order valence-corrected chi connectivity index (χ1v) is 19.1. The molecule has 6 aromatic rings. The molecule has 242 valence electrons. The number of nitrogens with zero attached hydrogens (tertiary/aromatic N) is 1. The normalized spacial score (nSPS) is 15.3. The zero-order chi connectivity index (χ0) is 33.2. The van der Waals surface area contributed by atoms with Gasteiger partial charge in [0.15, 0.2) is 0 Å².